The third kappa shape index (κ3) is 9.94. The number of carbonyl (C=O) groups excluding carboxylic acids is 2. The maximum absolute atomic E-state index is 12.3. The second-order valence-electron chi connectivity index (χ2n) is 6.58. The molecule has 0 bridgehead atoms. The lowest BCUT2D eigenvalue weighted by Gasteiger charge is -2.22. The van der Waals surface area contributed by atoms with Crippen LogP contribution in [0.3, 0.4) is 0 Å². The molecule has 3 unspecified atom stereocenters. The summed E-state index contributed by atoms with van der Waals surface area (Å²) >= 11 is 0. The summed E-state index contributed by atoms with van der Waals surface area (Å²) in [5.41, 5.74) is 11.1. The van der Waals surface area contributed by atoms with Crippen molar-refractivity contribution >= 4 is 23.8 Å². The van der Waals surface area contributed by atoms with Crippen LogP contribution in [0.1, 0.15) is 46.0 Å². The normalized spacial score (nSPS) is 14.3. The number of amides is 2. The smallest absolute Gasteiger partial charge is 0.326 e. The number of nitrogens with two attached hydrogens (primary N) is 2. The summed E-state index contributed by atoms with van der Waals surface area (Å²) in [7, 11) is 0. The second-order valence-corrected chi connectivity index (χ2v) is 6.58. The highest BCUT2D eigenvalue weighted by atomic mass is 16.4. The molecule has 8 N–H and O–H groups in total. The minimum absolute atomic E-state index is 0.140. The second kappa shape index (κ2) is 12.2. The molecule has 0 fully saturated rings. The van der Waals surface area contributed by atoms with Crippen molar-refractivity contribution < 1.29 is 29.4 Å². The van der Waals surface area contributed by atoms with E-state index in [9.17, 15) is 24.3 Å². The standard InChI is InChI=1S/C16H30N4O6/c1-9(2)7-10(18)14(23)20-12(8-13(21)22)15(24)19-11(16(25)26)5-3-4-6-17/h9-12H,3-8,17-18H2,1-2H3,(H,19,24)(H,20,23)(H,21,22)(H,25,26). The average Bonchev–Trinajstić information content (AvgIpc) is 2.51. The Morgan fingerprint density at radius 3 is 2.00 bits per heavy atom. The summed E-state index contributed by atoms with van der Waals surface area (Å²) in [6, 6.07) is -3.49. The van der Waals surface area contributed by atoms with E-state index in [4.69, 9.17) is 16.6 Å². The quantitative estimate of drug-likeness (QED) is 0.222. The van der Waals surface area contributed by atoms with Crippen molar-refractivity contribution in [2.45, 2.75) is 64.1 Å². The SMILES string of the molecule is CC(C)CC(N)C(=O)NC(CC(=O)O)C(=O)NC(CCCCN)C(=O)O. The molecule has 0 aromatic rings. The van der Waals surface area contributed by atoms with Crippen LogP contribution in [0.15, 0.2) is 0 Å². The molecule has 0 heterocycles. The summed E-state index contributed by atoms with van der Waals surface area (Å²) in [5.74, 6) is -3.95. The Balaban J connectivity index is 4.97. The van der Waals surface area contributed by atoms with E-state index in [0.29, 0.717) is 25.8 Å². The molecule has 0 aliphatic heterocycles. The van der Waals surface area contributed by atoms with Crippen LogP contribution in [-0.2, 0) is 19.2 Å². The van der Waals surface area contributed by atoms with Crippen LogP contribution in [0.5, 0.6) is 0 Å². The Labute approximate surface area is 152 Å². The van der Waals surface area contributed by atoms with Gasteiger partial charge in [-0.05, 0) is 38.1 Å². The molecular weight excluding hydrogens is 344 g/mol. The van der Waals surface area contributed by atoms with Crippen molar-refractivity contribution in [3.63, 3.8) is 0 Å². The highest BCUT2D eigenvalue weighted by Gasteiger charge is 2.29. The van der Waals surface area contributed by atoms with Gasteiger partial charge in [0.1, 0.15) is 12.1 Å². The molecule has 0 saturated carbocycles. The number of rotatable bonds is 13. The molecule has 0 spiro atoms. The van der Waals surface area contributed by atoms with Gasteiger partial charge in [0.15, 0.2) is 0 Å². The van der Waals surface area contributed by atoms with E-state index >= 15 is 0 Å². The lowest BCUT2D eigenvalue weighted by molar-refractivity contribution is -0.143. The number of nitrogens with one attached hydrogen (secondary N) is 2. The summed E-state index contributed by atoms with van der Waals surface area (Å²) in [6.45, 7) is 4.13. The molecule has 0 radical (unpaired) electrons. The minimum Gasteiger partial charge on any atom is -0.481 e. The predicted octanol–water partition coefficient (Wildman–Crippen LogP) is -0.982. The number of unbranched alkanes of at least 4 members (excludes halogenated alkanes) is 1. The number of hydrogen-bond donors (Lipinski definition) is 6. The van der Waals surface area contributed by atoms with Gasteiger partial charge in [0, 0.05) is 0 Å². The lowest BCUT2D eigenvalue weighted by atomic mass is 10.0. The molecule has 150 valence electrons. The topological polar surface area (TPSA) is 185 Å². The van der Waals surface area contributed by atoms with Gasteiger partial charge in [0.25, 0.3) is 0 Å². The Hall–Kier alpha value is -2.20. The van der Waals surface area contributed by atoms with Gasteiger partial charge < -0.3 is 32.3 Å². The molecule has 0 aliphatic rings. The fourth-order valence-corrected chi connectivity index (χ4v) is 2.30. The largest absolute Gasteiger partial charge is 0.481 e. The van der Waals surface area contributed by atoms with Gasteiger partial charge in [-0.1, -0.05) is 13.8 Å². The Morgan fingerprint density at radius 1 is 0.962 bits per heavy atom. The first-order valence-electron chi connectivity index (χ1n) is 8.59. The number of carbonyl (C=O) groups is 4. The highest BCUT2D eigenvalue weighted by molar-refractivity contribution is 5.93. The highest BCUT2D eigenvalue weighted by Crippen LogP contribution is 2.05. The number of carboxylic acid groups (broad SMARTS) is 2. The molecule has 10 nitrogen and oxygen atoms in total. The lowest BCUT2D eigenvalue weighted by Crippen LogP contribution is -2.55. The number of aliphatic carboxylic acids is 2. The fourth-order valence-electron chi connectivity index (χ4n) is 2.30. The minimum atomic E-state index is -1.41. The van der Waals surface area contributed by atoms with Crippen molar-refractivity contribution in [2.75, 3.05) is 6.54 Å². The van der Waals surface area contributed by atoms with Crippen LogP contribution >= 0.6 is 0 Å². The summed E-state index contributed by atoms with van der Waals surface area (Å²) in [4.78, 5) is 46.6. The van der Waals surface area contributed by atoms with Crippen LogP contribution < -0.4 is 22.1 Å². The van der Waals surface area contributed by atoms with E-state index in [-0.39, 0.29) is 12.3 Å². The Morgan fingerprint density at radius 2 is 1.54 bits per heavy atom. The molecular formula is C16H30N4O6. The maximum atomic E-state index is 12.3. The van der Waals surface area contributed by atoms with Crippen molar-refractivity contribution in [3.05, 3.63) is 0 Å². The zero-order valence-corrected chi connectivity index (χ0v) is 15.2. The van der Waals surface area contributed by atoms with E-state index in [2.05, 4.69) is 10.6 Å². The zero-order valence-electron chi connectivity index (χ0n) is 15.2. The van der Waals surface area contributed by atoms with Crippen LogP contribution in [0.25, 0.3) is 0 Å². The van der Waals surface area contributed by atoms with Crippen LogP contribution in [0.4, 0.5) is 0 Å². The molecule has 0 aromatic carbocycles. The van der Waals surface area contributed by atoms with Crippen LogP contribution in [0, 0.1) is 5.92 Å². The van der Waals surface area contributed by atoms with E-state index in [1.807, 2.05) is 13.8 Å². The summed E-state index contributed by atoms with van der Waals surface area (Å²) < 4.78 is 0. The third-order valence-electron chi connectivity index (χ3n) is 3.64. The van der Waals surface area contributed by atoms with Crippen LogP contribution in [-0.4, -0.2) is 58.6 Å². The molecule has 0 aliphatic carbocycles. The summed E-state index contributed by atoms with van der Waals surface area (Å²) in [6.07, 6.45) is 0.923. The van der Waals surface area contributed by atoms with Crippen molar-refractivity contribution in [1.29, 1.82) is 0 Å². The average molecular weight is 374 g/mol. The first-order chi connectivity index (χ1) is 12.1. The van der Waals surface area contributed by atoms with Crippen molar-refractivity contribution in [3.8, 4) is 0 Å². The van der Waals surface area contributed by atoms with E-state index in [0.717, 1.165) is 0 Å². The molecule has 10 heteroatoms. The van der Waals surface area contributed by atoms with E-state index in [1.165, 1.54) is 0 Å². The fraction of sp³-hybridized carbons (Fsp3) is 0.750. The summed E-state index contributed by atoms with van der Waals surface area (Å²) in [5, 5.41) is 22.7. The van der Waals surface area contributed by atoms with E-state index < -0.39 is 48.3 Å². The van der Waals surface area contributed by atoms with Crippen molar-refractivity contribution in [1.82, 2.24) is 10.6 Å². The molecule has 26 heavy (non-hydrogen) atoms. The first-order valence-corrected chi connectivity index (χ1v) is 8.59. The molecule has 0 aromatic heterocycles. The Bertz CT molecular complexity index is 497. The number of carboxylic acids is 2. The van der Waals surface area contributed by atoms with Gasteiger partial charge in [-0.2, -0.15) is 0 Å². The molecule has 3 atom stereocenters. The van der Waals surface area contributed by atoms with Gasteiger partial charge in [-0.25, -0.2) is 4.79 Å². The van der Waals surface area contributed by atoms with Crippen molar-refractivity contribution in [2.24, 2.45) is 17.4 Å². The monoisotopic (exact) mass is 374 g/mol. The van der Waals surface area contributed by atoms with Gasteiger partial charge in [-0.15, -0.1) is 0 Å². The van der Waals surface area contributed by atoms with Crippen LogP contribution in [0.2, 0.25) is 0 Å². The van der Waals surface area contributed by atoms with E-state index in [1.54, 1.807) is 0 Å². The third-order valence-corrected chi connectivity index (χ3v) is 3.64. The van der Waals surface area contributed by atoms with Gasteiger partial charge >= 0.3 is 11.9 Å². The van der Waals surface area contributed by atoms with Gasteiger partial charge in [-0.3, -0.25) is 14.4 Å². The molecule has 2 amide bonds. The maximum Gasteiger partial charge on any atom is 0.326 e. The zero-order chi connectivity index (χ0) is 20.3. The molecule has 0 saturated heterocycles. The number of hydrogen-bond acceptors (Lipinski definition) is 6. The van der Waals surface area contributed by atoms with Gasteiger partial charge in [0.2, 0.25) is 11.8 Å². The first kappa shape index (κ1) is 23.8. The van der Waals surface area contributed by atoms with Gasteiger partial charge in [0.05, 0.1) is 12.5 Å². The molecule has 0 rings (SSSR count). The predicted molar refractivity (Wildman–Crippen MR) is 94.1 cm³/mol. The Kier molecular flexibility index (Phi) is 11.2.